The van der Waals surface area contributed by atoms with Gasteiger partial charge in [-0.05, 0) is 6.42 Å². The molecule has 4 nitrogen and oxygen atoms in total. The molecule has 0 spiro atoms. The van der Waals surface area contributed by atoms with Gasteiger partial charge in [-0.15, -0.1) is 0 Å². The molecule has 1 aliphatic rings. The third-order valence-electron chi connectivity index (χ3n) is 5.94. The summed E-state index contributed by atoms with van der Waals surface area (Å²) in [6.45, 7) is 4.98. The van der Waals surface area contributed by atoms with E-state index in [-0.39, 0.29) is 12.4 Å². The van der Waals surface area contributed by atoms with Gasteiger partial charge in [0.1, 0.15) is 19.6 Å². The van der Waals surface area contributed by atoms with E-state index in [2.05, 4.69) is 6.92 Å². The van der Waals surface area contributed by atoms with Gasteiger partial charge in [-0.1, -0.05) is 88.6 Å². The summed E-state index contributed by atoms with van der Waals surface area (Å²) in [5.41, 5.74) is 0.757. The van der Waals surface area contributed by atoms with Gasteiger partial charge in [0.25, 0.3) is 0 Å². The second-order valence-electron chi connectivity index (χ2n) is 8.14. The predicted octanol–water partition coefficient (Wildman–Crippen LogP) is 5.01. The van der Waals surface area contributed by atoms with Crippen molar-refractivity contribution < 1.29 is 14.4 Å². The summed E-state index contributed by atoms with van der Waals surface area (Å²) in [6.07, 6.45) is 12.7. The molecule has 4 heteroatoms. The third kappa shape index (κ3) is 7.14. The van der Waals surface area contributed by atoms with E-state index >= 15 is 0 Å². The number of amidine groups is 1. The van der Waals surface area contributed by atoms with Gasteiger partial charge in [0.2, 0.25) is 5.78 Å². The van der Waals surface area contributed by atoms with E-state index in [1.807, 2.05) is 30.3 Å². The van der Waals surface area contributed by atoms with Gasteiger partial charge in [-0.2, -0.15) is 0 Å². The molecule has 0 saturated carbocycles. The number of Topliss-reactive ketones (excluding diaryl/α,β-unsaturated/α-hetero) is 1. The van der Waals surface area contributed by atoms with Crippen molar-refractivity contribution in [2.45, 2.75) is 71.1 Å². The first-order valence-corrected chi connectivity index (χ1v) is 11.3. The number of quaternary nitrogens is 1. The molecule has 2 rings (SSSR count). The van der Waals surface area contributed by atoms with E-state index in [4.69, 9.17) is 4.99 Å². The number of hydrogen-bond donors (Lipinski definition) is 1. The van der Waals surface area contributed by atoms with Crippen molar-refractivity contribution >= 4 is 11.6 Å². The van der Waals surface area contributed by atoms with Gasteiger partial charge >= 0.3 is 0 Å². The Labute approximate surface area is 171 Å². The van der Waals surface area contributed by atoms with E-state index in [1.165, 1.54) is 51.4 Å². The lowest BCUT2D eigenvalue weighted by atomic mass is 10.1. The quantitative estimate of drug-likeness (QED) is 0.261. The first-order chi connectivity index (χ1) is 13.7. The number of aliphatic hydroxyl groups excluding tert-OH is 1. The molecule has 0 radical (unpaired) electrons. The number of aliphatic imine (C=N–C) groups is 1. The van der Waals surface area contributed by atoms with E-state index in [0.29, 0.717) is 17.6 Å². The number of rotatable bonds is 15. The van der Waals surface area contributed by atoms with E-state index in [0.717, 1.165) is 37.3 Å². The smallest absolute Gasteiger partial charge is 0.217 e. The van der Waals surface area contributed by atoms with E-state index in [9.17, 15) is 9.90 Å². The minimum atomic E-state index is 0.0961. The lowest BCUT2D eigenvalue weighted by Crippen LogP contribution is -2.55. The zero-order valence-electron chi connectivity index (χ0n) is 17.7. The molecule has 1 atom stereocenters. The van der Waals surface area contributed by atoms with Crippen LogP contribution in [0.4, 0.5) is 0 Å². The summed E-state index contributed by atoms with van der Waals surface area (Å²) in [6, 6.07) is 9.51. The second kappa shape index (κ2) is 12.8. The minimum Gasteiger partial charge on any atom is -0.390 e. The van der Waals surface area contributed by atoms with Crippen LogP contribution in [0.15, 0.2) is 35.3 Å². The average Bonchev–Trinajstić information content (AvgIpc) is 3.09. The maximum atomic E-state index is 12.8. The van der Waals surface area contributed by atoms with Crippen molar-refractivity contribution in [1.29, 1.82) is 0 Å². The summed E-state index contributed by atoms with van der Waals surface area (Å²) in [5, 5.41) is 9.64. The Morgan fingerprint density at radius 2 is 1.64 bits per heavy atom. The highest BCUT2D eigenvalue weighted by molar-refractivity contribution is 5.98. The molecule has 0 aliphatic carbocycles. The molecule has 0 saturated heterocycles. The summed E-state index contributed by atoms with van der Waals surface area (Å²) >= 11 is 0. The monoisotopic (exact) mass is 387 g/mol. The molecular formula is C24H39N2O2+. The molecule has 1 aliphatic heterocycles. The SMILES string of the molecule is CCCCCCCCCCCC1=NCC[N+]1(CCO)CC(=O)c1ccccc1. The number of carbonyl (C=O) groups is 1. The second-order valence-corrected chi connectivity index (χ2v) is 8.14. The number of hydrogen-bond acceptors (Lipinski definition) is 3. The number of unbranched alkanes of at least 4 members (excludes halogenated alkanes) is 8. The highest BCUT2D eigenvalue weighted by atomic mass is 16.3. The van der Waals surface area contributed by atoms with Gasteiger partial charge in [0.05, 0.1) is 13.2 Å². The standard InChI is InChI=1S/C24H39N2O2/c1-2-3-4-5-6-7-8-9-13-16-24-25-17-18-26(24,19-20-27)21-23(28)22-14-11-10-12-15-22/h10-12,14-15,27H,2-9,13,16-21H2,1H3/q+1. The zero-order chi connectivity index (χ0) is 20.1. The van der Waals surface area contributed by atoms with Crippen molar-refractivity contribution in [1.82, 2.24) is 0 Å². The van der Waals surface area contributed by atoms with Crippen LogP contribution in [0.5, 0.6) is 0 Å². The Kier molecular flexibility index (Phi) is 10.4. The number of benzene rings is 1. The molecule has 1 heterocycles. The van der Waals surface area contributed by atoms with Crippen molar-refractivity contribution in [3.63, 3.8) is 0 Å². The molecule has 0 fully saturated rings. The normalized spacial score (nSPS) is 19.0. The largest absolute Gasteiger partial charge is 0.390 e. The summed E-state index contributed by atoms with van der Waals surface area (Å²) in [4.78, 5) is 17.5. The van der Waals surface area contributed by atoms with E-state index < -0.39 is 0 Å². The zero-order valence-corrected chi connectivity index (χ0v) is 17.7. The molecule has 1 unspecified atom stereocenters. The topological polar surface area (TPSA) is 49.7 Å². The first kappa shape index (κ1) is 22.8. The van der Waals surface area contributed by atoms with Gasteiger partial charge < -0.3 is 5.11 Å². The van der Waals surface area contributed by atoms with Crippen molar-refractivity contribution in [2.24, 2.45) is 4.99 Å². The van der Waals surface area contributed by atoms with Crippen LogP contribution in [-0.2, 0) is 0 Å². The van der Waals surface area contributed by atoms with Crippen molar-refractivity contribution in [3.8, 4) is 0 Å². The highest BCUT2D eigenvalue weighted by Gasteiger charge is 2.39. The molecule has 0 amide bonds. The van der Waals surface area contributed by atoms with Crippen LogP contribution in [0.1, 0.15) is 81.5 Å². The van der Waals surface area contributed by atoms with Gasteiger partial charge in [-0.25, -0.2) is 4.99 Å². The lowest BCUT2D eigenvalue weighted by Gasteiger charge is -2.33. The fourth-order valence-corrected chi connectivity index (χ4v) is 4.23. The van der Waals surface area contributed by atoms with Gasteiger partial charge in [0, 0.05) is 12.0 Å². The maximum absolute atomic E-state index is 12.8. The van der Waals surface area contributed by atoms with Crippen LogP contribution in [0, 0.1) is 0 Å². The van der Waals surface area contributed by atoms with Crippen molar-refractivity contribution in [3.05, 3.63) is 35.9 Å². The predicted molar refractivity (Wildman–Crippen MR) is 117 cm³/mol. The van der Waals surface area contributed by atoms with Crippen LogP contribution < -0.4 is 0 Å². The van der Waals surface area contributed by atoms with Gasteiger partial charge in [0.15, 0.2) is 5.84 Å². The Bertz CT molecular complexity index is 600. The summed E-state index contributed by atoms with van der Waals surface area (Å²) in [7, 11) is 0. The van der Waals surface area contributed by atoms with Crippen LogP contribution in [0.2, 0.25) is 0 Å². The van der Waals surface area contributed by atoms with Crippen molar-refractivity contribution in [2.75, 3.05) is 32.8 Å². The molecule has 156 valence electrons. The molecule has 0 aromatic heterocycles. The highest BCUT2D eigenvalue weighted by Crippen LogP contribution is 2.21. The van der Waals surface area contributed by atoms with Crippen LogP contribution in [-0.4, -0.2) is 54.0 Å². The molecule has 1 aromatic rings. The molecule has 1 N–H and O–H groups in total. The Morgan fingerprint density at radius 1 is 1.00 bits per heavy atom. The summed E-state index contributed by atoms with van der Waals surface area (Å²) in [5.74, 6) is 1.28. The van der Waals surface area contributed by atoms with Crippen LogP contribution in [0.25, 0.3) is 0 Å². The number of aliphatic hydroxyl groups is 1. The van der Waals surface area contributed by atoms with Gasteiger partial charge in [-0.3, -0.25) is 9.28 Å². The number of nitrogens with zero attached hydrogens (tertiary/aromatic N) is 2. The molecule has 28 heavy (non-hydrogen) atoms. The van der Waals surface area contributed by atoms with Crippen LogP contribution in [0.3, 0.4) is 0 Å². The third-order valence-corrected chi connectivity index (χ3v) is 5.94. The minimum absolute atomic E-state index is 0.0961. The maximum Gasteiger partial charge on any atom is 0.217 e. The average molecular weight is 388 g/mol. The van der Waals surface area contributed by atoms with Crippen LogP contribution >= 0.6 is 0 Å². The van der Waals surface area contributed by atoms with E-state index in [1.54, 1.807) is 0 Å². The molecule has 1 aromatic carbocycles. The fourth-order valence-electron chi connectivity index (χ4n) is 4.23. The number of carbonyl (C=O) groups excluding carboxylic acids is 1. The molecule has 0 bridgehead atoms. The lowest BCUT2D eigenvalue weighted by molar-refractivity contribution is -0.828. The Balaban J connectivity index is 1.79. The summed E-state index contributed by atoms with van der Waals surface area (Å²) < 4.78 is 0.557. The number of ketones is 1. The fraction of sp³-hybridized carbons (Fsp3) is 0.667. The Hall–Kier alpha value is -1.52. The Morgan fingerprint density at radius 3 is 2.29 bits per heavy atom. The first-order valence-electron chi connectivity index (χ1n) is 11.3. The molecular weight excluding hydrogens is 348 g/mol.